The monoisotopic (exact) mass is 155 g/mol. The maximum absolute atomic E-state index is 5.64. The fraction of sp³-hybridized carbons (Fsp3) is 0.571. The molecule has 0 amide bonds. The number of aromatic amines is 1. The van der Waals surface area contributed by atoms with Gasteiger partial charge in [-0.05, 0) is 13.8 Å². The van der Waals surface area contributed by atoms with Crippen LogP contribution < -0.4 is 10.5 Å². The highest BCUT2D eigenvalue weighted by atomic mass is 16.5. The molecule has 1 atom stereocenters. The fourth-order valence-corrected chi connectivity index (χ4v) is 0.986. The van der Waals surface area contributed by atoms with E-state index in [1.165, 1.54) is 0 Å². The molecular formula is C7H13N3O. The summed E-state index contributed by atoms with van der Waals surface area (Å²) in [7, 11) is 1.57. The molecule has 11 heavy (non-hydrogen) atoms. The number of nitrogens with zero attached hydrogens (tertiary/aromatic N) is 1. The molecule has 3 N–H and O–H groups in total. The van der Waals surface area contributed by atoms with Crippen LogP contribution in [0, 0.1) is 6.92 Å². The molecule has 1 aromatic rings. The lowest BCUT2D eigenvalue weighted by molar-refractivity contribution is 0.383. The van der Waals surface area contributed by atoms with E-state index < -0.39 is 0 Å². The van der Waals surface area contributed by atoms with Crippen LogP contribution in [0.1, 0.15) is 24.4 Å². The molecule has 4 heteroatoms. The largest absolute Gasteiger partial charge is 0.468 e. The molecule has 0 aliphatic rings. The van der Waals surface area contributed by atoms with Crippen LogP contribution in [-0.4, -0.2) is 17.1 Å². The van der Waals surface area contributed by atoms with Crippen LogP contribution in [0.15, 0.2) is 0 Å². The molecule has 0 radical (unpaired) electrons. The molecule has 4 nitrogen and oxygen atoms in total. The Morgan fingerprint density at radius 1 is 1.64 bits per heavy atom. The lowest BCUT2D eigenvalue weighted by Gasteiger charge is -1.99. The summed E-state index contributed by atoms with van der Waals surface area (Å²) < 4.78 is 4.90. The zero-order chi connectivity index (χ0) is 8.43. The third-order valence-electron chi connectivity index (χ3n) is 1.53. The maximum Gasteiger partial charge on any atom is 0.293 e. The van der Waals surface area contributed by atoms with Gasteiger partial charge in [-0.3, -0.25) is 0 Å². The molecule has 0 bridgehead atoms. The molecule has 62 valence electrons. The van der Waals surface area contributed by atoms with E-state index in [9.17, 15) is 0 Å². The smallest absolute Gasteiger partial charge is 0.293 e. The minimum Gasteiger partial charge on any atom is -0.468 e. The van der Waals surface area contributed by atoms with Gasteiger partial charge in [-0.15, -0.1) is 0 Å². The number of hydrogen-bond donors (Lipinski definition) is 2. The van der Waals surface area contributed by atoms with Crippen molar-refractivity contribution in [2.75, 3.05) is 7.11 Å². The third kappa shape index (κ3) is 1.51. The van der Waals surface area contributed by atoms with Gasteiger partial charge in [0.15, 0.2) is 0 Å². The molecule has 1 unspecified atom stereocenters. The quantitative estimate of drug-likeness (QED) is 0.662. The van der Waals surface area contributed by atoms with Crippen molar-refractivity contribution < 1.29 is 4.74 Å². The summed E-state index contributed by atoms with van der Waals surface area (Å²) in [5.41, 5.74) is 7.48. The van der Waals surface area contributed by atoms with Crippen molar-refractivity contribution in [3.05, 3.63) is 11.4 Å². The Morgan fingerprint density at radius 3 is 2.55 bits per heavy atom. The van der Waals surface area contributed by atoms with Crippen LogP contribution in [0.3, 0.4) is 0 Å². The first-order chi connectivity index (χ1) is 5.15. The summed E-state index contributed by atoms with van der Waals surface area (Å²) in [6, 6.07) is 0.477. The van der Waals surface area contributed by atoms with E-state index in [-0.39, 0.29) is 6.04 Å². The molecular weight excluding hydrogens is 142 g/mol. The van der Waals surface area contributed by atoms with Crippen LogP contribution >= 0.6 is 0 Å². The number of ether oxygens (including phenoxy) is 1. The number of methoxy groups -OCH3 is 1. The van der Waals surface area contributed by atoms with Gasteiger partial charge in [0.25, 0.3) is 6.01 Å². The fourth-order valence-electron chi connectivity index (χ4n) is 0.986. The number of nitrogens with one attached hydrogen (secondary N) is 1. The normalized spacial score (nSPS) is 13.1. The Balaban J connectivity index is 2.97. The van der Waals surface area contributed by atoms with E-state index in [0.29, 0.717) is 6.01 Å². The van der Waals surface area contributed by atoms with Crippen LogP contribution in [-0.2, 0) is 0 Å². The number of H-pyrrole nitrogens is 1. The second-order valence-corrected chi connectivity index (χ2v) is 2.54. The van der Waals surface area contributed by atoms with Crippen LogP contribution in [0.5, 0.6) is 6.01 Å². The van der Waals surface area contributed by atoms with E-state index in [1.54, 1.807) is 7.11 Å². The first kappa shape index (κ1) is 8.07. The molecule has 0 saturated heterocycles. The predicted molar refractivity (Wildman–Crippen MR) is 42.5 cm³/mol. The number of rotatable bonds is 2. The number of aromatic nitrogens is 2. The summed E-state index contributed by atoms with van der Waals surface area (Å²) in [5, 5.41) is 0. The van der Waals surface area contributed by atoms with Gasteiger partial charge in [0.2, 0.25) is 0 Å². The zero-order valence-electron chi connectivity index (χ0n) is 7.01. The molecule has 0 saturated carbocycles. The number of aryl methyl sites for hydroxylation is 1. The average molecular weight is 155 g/mol. The minimum absolute atomic E-state index is 0.0462. The summed E-state index contributed by atoms with van der Waals surface area (Å²) in [6.07, 6.45) is 0. The van der Waals surface area contributed by atoms with Crippen molar-refractivity contribution in [1.29, 1.82) is 0 Å². The first-order valence-electron chi connectivity index (χ1n) is 3.51. The molecule has 0 aliphatic carbocycles. The standard InChI is InChI=1S/C7H13N3O/c1-4(8)6-5(2)9-7(10-6)11-3/h4H,8H2,1-3H3,(H,9,10). The van der Waals surface area contributed by atoms with Crippen LogP contribution in [0.25, 0.3) is 0 Å². The number of imidazole rings is 1. The summed E-state index contributed by atoms with van der Waals surface area (Å²) in [6.45, 7) is 3.82. The first-order valence-corrected chi connectivity index (χ1v) is 3.51. The summed E-state index contributed by atoms with van der Waals surface area (Å²) >= 11 is 0. The van der Waals surface area contributed by atoms with Gasteiger partial charge >= 0.3 is 0 Å². The van der Waals surface area contributed by atoms with Crippen LogP contribution in [0.4, 0.5) is 0 Å². The SMILES string of the molecule is COc1nc(C(C)N)c(C)[nH]1. The molecule has 1 rings (SSSR count). The van der Waals surface area contributed by atoms with Gasteiger partial charge in [0.05, 0.1) is 12.8 Å². The van der Waals surface area contributed by atoms with Crippen molar-refractivity contribution in [1.82, 2.24) is 9.97 Å². The molecule has 0 spiro atoms. The van der Waals surface area contributed by atoms with Gasteiger partial charge in [-0.1, -0.05) is 0 Å². The topological polar surface area (TPSA) is 63.9 Å². The van der Waals surface area contributed by atoms with Crippen molar-refractivity contribution in [2.24, 2.45) is 5.73 Å². The molecule has 0 fully saturated rings. The Labute approximate surface area is 65.8 Å². The second kappa shape index (κ2) is 2.92. The third-order valence-corrected chi connectivity index (χ3v) is 1.53. The Hall–Kier alpha value is -1.03. The average Bonchev–Trinajstić information content (AvgIpc) is 2.30. The van der Waals surface area contributed by atoms with Gasteiger partial charge < -0.3 is 15.5 Å². The molecule has 0 aliphatic heterocycles. The summed E-state index contributed by atoms with van der Waals surface area (Å²) in [4.78, 5) is 7.09. The van der Waals surface area contributed by atoms with Crippen LogP contribution in [0.2, 0.25) is 0 Å². The maximum atomic E-state index is 5.64. The van der Waals surface area contributed by atoms with Crippen molar-refractivity contribution in [3.8, 4) is 6.01 Å². The van der Waals surface area contributed by atoms with Crippen molar-refractivity contribution >= 4 is 0 Å². The Bertz CT molecular complexity index is 242. The van der Waals surface area contributed by atoms with E-state index in [1.807, 2.05) is 13.8 Å². The van der Waals surface area contributed by atoms with Crippen molar-refractivity contribution in [3.63, 3.8) is 0 Å². The Kier molecular flexibility index (Phi) is 2.14. The van der Waals surface area contributed by atoms with Gasteiger partial charge in [0, 0.05) is 11.7 Å². The van der Waals surface area contributed by atoms with Crippen molar-refractivity contribution in [2.45, 2.75) is 19.9 Å². The highest BCUT2D eigenvalue weighted by Crippen LogP contribution is 2.15. The Morgan fingerprint density at radius 2 is 2.27 bits per heavy atom. The van der Waals surface area contributed by atoms with E-state index in [0.717, 1.165) is 11.4 Å². The van der Waals surface area contributed by atoms with E-state index in [2.05, 4.69) is 9.97 Å². The van der Waals surface area contributed by atoms with Gasteiger partial charge in [-0.25, -0.2) is 0 Å². The molecule has 1 heterocycles. The highest BCUT2D eigenvalue weighted by Gasteiger charge is 2.09. The summed E-state index contributed by atoms with van der Waals surface area (Å²) in [5.74, 6) is 0. The lowest BCUT2D eigenvalue weighted by atomic mass is 10.2. The lowest BCUT2D eigenvalue weighted by Crippen LogP contribution is -2.06. The van der Waals surface area contributed by atoms with E-state index >= 15 is 0 Å². The second-order valence-electron chi connectivity index (χ2n) is 2.54. The van der Waals surface area contributed by atoms with Gasteiger partial charge in [-0.2, -0.15) is 4.98 Å². The predicted octanol–water partition coefficient (Wildman–Crippen LogP) is 0.746. The molecule has 0 aromatic carbocycles. The highest BCUT2D eigenvalue weighted by molar-refractivity contribution is 5.18. The van der Waals surface area contributed by atoms with Gasteiger partial charge in [0.1, 0.15) is 0 Å². The molecule has 1 aromatic heterocycles. The number of nitrogens with two attached hydrogens (primary N) is 1. The minimum atomic E-state index is -0.0462. The zero-order valence-corrected chi connectivity index (χ0v) is 7.01. The number of hydrogen-bond acceptors (Lipinski definition) is 3. The van der Waals surface area contributed by atoms with E-state index in [4.69, 9.17) is 10.5 Å².